The number of hydrogen-bond acceptors (Lipinski definition) is 3. The van der Waals surface area contributed by atoms with Gasteiger partial charge in [-0.05, 0) is 69.3 Å². The zero-order chi connectivity index (χ0) is 25.4. The average Bonchev–Trinajstić information content (AvgIpc) is 2.68. The van der Waals surface area contributed by atoms with E-state index in [0.29, 0.717) is 17.2 Å². The average molecular weight is 451 g/mol. The molecule has 0 amide bonds. The quantitative estimate of drug-likeness (QED) is 0.324. The van der Waals surface area contributed by atoms with Crippen molar-refractivity contribution < 1.29 is 15.3 Å². The third kappa shape index (κ3) is 10.5. The zero-order valence-electron chi connectivity index (χ0n) is 21.8. The van der Waals surface area contributed by atoms with Gasteiger partial charge in [0.25, 0.3) is 0 Å². The smallest absolute Gasteiger partial charge is 0.115 e. The fourth-order valence-corrected chi connectivity index (χ4v) is 2.88. The van der Waals surface area contributed by atoms with Crippen LogP contribution in [0.3, 0.4) is 0 Å². The molecule has 3 aromatic rings. The third-order valence-corrected chi connectivity index (χ3v) is 5.20. The van der Waals surface area contributed by atoms with E-state index in [2.05, 4.69) is 62.3 Å². The molecule has 3 rings (SSSR count). The van der Waals surface area contributed by atoms with E-state index in [0.717, 1.165) is 0 Å². The van der Waals surface area contributed by atoms with Gasteiger partial charge in [-0.1, -0.05) is 98.7 Å². The predicted molar refractivity (Wildman–Crippen MR) is 140 cm³/mol. The Morgan fingerprint density at radius 2 is 0.485 bits per heavy atom. The van der Waals surface area contributed by atoms with E-state index < -0.39 is 0 Å². The molecule has 0 bridgehead atoms. The van der Waals surface area contributed by atoms with E-state index >= 15 is 0 Å². The summed E-state index contributed by atoms with van der Waals surface area (Å²) in [5, 5.41) is 27.1. The van der Waals surface area contributed by atoms with Gasteiger partial charge in [0.05, 0.1) is 0 Å². The van der Waals surface area contributed by atoms with Gasteiger partial charge in [-0.15, -0.1) is 0 Å². The lowest BCUT2D eigenvalue weighted by molar-refractivity contribution is 0.473. The normalized spacial score (nSPS) is 11.5. The molecule has 0 unspecified atom stereocenters. The number of phenols is 3. The molecule has 0 radical (unpaired) electrons. The minimum Gasteiger partial charge on any atom is -0.508 e. The highest BCUT2D eigenvalue weighted by Gasteiger charge is 2.13. The highest BCUT2D eigenvalue weighted by atomic mass is 16.3. The SMILES string of the molecule is CC(C)(C)c1ccc(O)cc1.CC(C)(C)c1ccc(O)cc1.CC(C)(C)c1ccc(O)cc1. The molecule has 0 heterocycles. The number of benzene rings is 3. The largest absolute Gasteiger partial charge is 0.508 e. The highest BCUT2D eigenvalue weighted by molar-refractivity contribution is 5.31. The minimum absolute atomic E-state index is 0.174. The molecule has 0 fully saturated rings. The Hall–Kier alpha value is -2.94. The van der Waals surface area contributed by atoms with E-state index in [-0.39, 0.29) is 16.2 Å². The minimum atomic E-state index is 0.174. The standard InChI is InChI=1S/3C10H14O/c3*1-10(2,3)8-4-6-9(11)7-5-8/h3*4-7,11H,1-3H3. The van der Waals surface area contributed by atoms with Crippen LogP contribution in [0.2, 0.25) is 0 Å². The summed E-state index contributed by atoms with van der Waals surface area (Å²) < 4.78 is 0. The number of phenolic OH excluding ortho intramolecular Hbond substituents is 3. The zero-order valence-corrected chi connectivity index (χ0v) is 21.8. The first-order valence-corrected chi connectivity index (χ1v) is 11.4. The van der Waals surface area contributed by atoms with Gasteiger partial charge in [-0.2, -0.15) is 0 Å². The Labute approximate surface area is 200 Å². The Morgan fingerprint density at radius 3 is 0.606 bits per heavy atom. The summed E-state index contributed by atoms with van der Waals surface area (Å²) in [7, 11) is 0. The second kappa shape index (κ2) is 11.3. The summed E-state index contributed by atoms with van der Waals surface area (Å²) in [4.78, 5) is 0. The van der Waals surface area contributed by atoms with Crippen LogP contribution in [0, 0.1) is 0 Å². The van der Waals surface area contributed by atoms with Crippen LogP contribution in [0.4, 0.5) is 0 Å². The van der Waals surface area contributed by atoms with Crippen molar-refractivity contribution in [2.45, 2.75) is 78.6 Å². The molecule has 0 aromatic heterocycles. The van der Waals surface area contributed by atoms with Crippen LogP contribution in [-0.4, -0.2) is 15.3 Å². The topological polar surface area (TPSA) is 60.7 Å². The molecule has 0 aliphatic carbocycles. The van der Waals surface area contributed by atoms with E-state index in [9.17, 15) is 0 Å². The molecule has 0 atom stereocenters. The van der Waals surface area contributed by atoms with E-state index in [1.165, 1.54) is 16.7 Å². The number of aromatic hydroxyl groups is 3. The number of hydrogen-bond donors (Lipinski definition) is 3. The lowest BCUT2D eigenvalue weighted by Gasteiger charge is -2.18. The van der Waals surface area contributed by atoms with Crippen LogP contribution in [0.5, 0.6) is 17.2 Å². The van der Waals surface area contributed by atoms with Crippen molar-refractivity contribution in [2.75, 3.05) is 0 Å². The van der Waals surface area contributed by atoms with Gasteiger partial charge in [-0.3, -0.25) is 0 Å². The van der Waals surface area contributed by atoms with Crippen molar-refractivity contribution >= 4 is 0 Å². The first-order valence-electron chi connectivity index (χ1n) is 11.4. The highest BCUT2D eigenvalue weighted by Crippen LogP contribution is 2.25. The van der Waals surface area contributed by atoms with Crippen LogP contribution < -0.4 is 0 Å². The third-order valence-electron chi connectivity index (χ3n) is 5.20. The Morgan fingerprint density at radius 1 is 0.333 bits per heavy atom. The molecule has 3 nitrogen and oxygen atoms in total. The van der Waals surface area contributed by atoms with Crippen LogP contribution in [0.25, 0.3) is 0 Å². The Bertz CT molecular complexity index is 816. The monoisotopic (exact) mass is 450 g/mol. The van der Waals surface area contributed by atoms with Gasteiger partial charge in [0, 0.05) is 0 Å². The van der Waals surface area contributed by atoms with Gasteiger partial charge < -0.3 is 15.3 Å². The van der Waals surface area contributed by atoms with Crippen molar-refractivity contribution in [3.8, 4) is 17.2 Å². The Balaban J connectivity index is 0.000000247. The molecule has 0 aliphatic heterocycles. The molecular formula is C30H42O3. The molecule has 3 N–H and O–H groups in total. The summed E-state index contributed by atoms with van der Waals surface area (Å²) in [6.07, 6.45) is 0. The first-order chi connectivity index (χ1) is 15.0. The van der Waals surface area contributed by atoms with E-state index in [1.807, 2.05) is 36.4 Å². The maximum absolute atomic E-state index is 9.02. The van der Waals surface area contributed by atoms with Gasteiger partial charge in [0.15, 0.2) is 0 Å². The first kappa shape index (κ1) is 28.1. The van der Waals surface area contributed by atoms with Gasteiger partial charge in [-0.25, -0.2) is 0 Å². The fourth-order valence-electron chi connectivity index (χ4n) is 2.88. The summed E-state index contributed by atoms with van der Waals surface area (Å²) >= 11 is 0. The lowest BCUT2D eigenvalue weighted by Crippen LogP contribution is -2.10. The van der Waals surface area contributed by atoms with Crippen LogP contribution in [-0.2, 0) is 16.2 Å². The van der Waals surface area contributed by atoms with Crippen molar-refractivity contribution in [2.24, 2.45) is 0 Å². The molecule has 3 aromatic carbocycles. The molecule has 0 saturated carbocycles. The maximum Gasteiger partial charge on any atom is 0.115 e. The van der Waals surface area contributed by atoms with E-state index in [4.69, 9.17) is 15.3 Å². The molecule has 0 aliphatic rings. The van der Waals surface area contributed by atoms with Crippen LogP contribution in [0.15, 0.2) is 72.8 Å². The van der Waals surface area contributed by atoms with Gasteiger partial charge in [0.2, 0.25) is 0 Å². The Kier molecular flexibility index (Phi) is 9.59. The summed E-state index contributed by atoms with van der Waals surface area (Å²) in [6.45, 7) is 19.4. The maximum atomic E-state index is 9.02. The molecule has 3 heteroatoms. The second-order valence-corrected chi connectivity index (χ2v) is 11.4. The van der Waals surface area contributed by atoms with Gasteiger partial charge >= 0.3 is 0 Å². The molecule has 0 saturated heterocycles. The lowest BCUT2D eigenvalue weighted by atomic mass is 9.87. The summed E-state index contributed by atoms with van der Waals surface area (Å²) in [5.41, 5.74) is 4.26. The number of rotatable bonds is 0. The van der Waals surface area contributed by atoms with Crippen LogP contribution in [0.1, 0.15) is 79.0 Å². The molecular weight excluding hydrogens is 408 g/mol. The van der Waals surface area contributed by atoms with Crippen molar-refractivity contribution in [3.05, 3.63) is 89.5 Å². The van der Waals surface area contributed by atoms with Crippen LogP contribution >= 0.6 is 0 Å². The fraction of sp³-hybridized carbons (Fsp3) is 0.400. The summed E-state index contributed by atoms with van der Waals surface area (Å²) in [6, 6.07) is 22.1. The predicted octanol–water partition coefficient (Wildman–Crippen LogP) is 8.07. The molecule has 180 valence electrons. The van der Waals surface area contributed by atoms with Crippen molar-refractivity contribution in [1.82, 2.24) is 0 Å². The molecule has 0 spiro atoms. The molecule has 33 heavy (non-hydrogen) atoms. The van der Waals surface area contributed by atoms with E-state index in [1.54, 1.807) is 36.4 Å². The second-order valence-electron chi connectivity index (χ2n) is 11.4. The summed E-state index contributed by atoms with van der Waals surface area (Å²) in [5.74, 6) is 0.994. The van der Waals surface area contributed by atoms with Crippen molar-refractivity contribution in [3.63, 3.8) is 0 Å². The van der Waals surface area contributed by atoms with Gasteiger partial charge in [0.1, 0.15) is 17.2 Å². The van der Waals surface area contributed by atoms with Crippen molar-refractivity contribution in [1.29, 1.82) is 0 Å².